The highest BCUT2D eigenvalue weighted by Crippen LogP contribution is 2.28. The summed E-state index contributed by atoms with van der Waals surface area (Å²) in [5, 5.41) is 13.0. The summed E-state index contributed by atoms with van der Waals surface area (Å²) >= 11 is 0. The summed E-state index contributed by atoms with van der Waals surface area (Å²) in [6, 6.07) is 0.300. The zero-order chi connectivity index (χ0) is 11.1. The molecule has 2 aliphatic heterocycles. The molecule has 1 amide bonds. The Labute approximate surface area is 90.6 Å². The number of amides is 1. The molecule has 4 heteroatoms. The molecule has 0 spiro atoms. The van der Waals surface area contributed by atoms with Gasteiger partial charge in [0.15, 0.2) is 0 Å². The van der Waals surface area contributed by atoms with Gasteiger partial charge in [-0.25, -0.2) is 0 Å². The number of carbonyl (C=O) groups is 1. The molecule has 0 aromatic rings. The number of hydrogen-bond donors (Lipinski definition) is 2. The zero-order valence-corrected chi connectivity index (χ0v) is 9.49. The van der Waals surface area contributed by atoms with Crippen LogP contribution in [0.25, 0.3) is 0 Å². The van der Waals surface area contributed by atoms with Crippen molar-refractivity contribution < 1.29 is 9.90 Å². The lowest BCUT2D eigenvalue weighted by molar-refractivity contribution is -0.129. The van der Waals surface area contributed by atoms with Gasteiger partial charge in [-0.2, -0.15) is 0 Å². The average Bonchev–Trinajstić information content (AvgIpc) is 2.48. The second kappa shape index (κ2) is 3.76. The molecule has 2 saturated heterocycles. The maximum absolute atomic E-state index is 11.0. The summed E-state index contributed by atoms with van der Waals surface area (Å²) in [5.41, 5.74) is -0.497. The minimum absolute atomic E-state index is 0.166. The average molecular weight is 212 g/mol. The number of rotatable bonds is 3. The van der Waals surface area contributed by atoms with E-state index >= 15 is 0 Å². The van der Waals surface area contributed by atoms with Gasteiger partial charge in [-0.3, -0.25) is 9.69 Å². The fraction of sp³-hybridized carbons (Fsp3) is 0.909. The second-order valence-electron chi connectivity index (χ2n) is 5.23. The standard InChI is InChI=1S/C11H20N2O2/c1-8(2)11(15)6-13(7-11)5-9-3-4-10(14)12-9/h8-9,15H,3-7H2,1-2H3,(H,12,14). The van der Waals surface area contributed by atoms with Gasteiger partial charge in [-0.05, 0) is 12.3 Å². The molecule has 1 atom stereocenters. The fourth-order valence-corrected chi connectivity index (χ4v) is 2.35. The molecule has 0 radical (unpaired) electrons. The number of aliphatic hydroxyl groups is 1. The zero-order valence-electron chi connectivity index (χ0n) is 9.49. The van der Waals surface area contributed by atoms with Crippen LogP contribution in [0.1, 0.15) is 26.7 Å². The number of nitrogens with one attached hydrogen (secondary N) is 1. The van der Waals surface area contributed by atoms with Crippen LogP contribution >= 0.6 is 0 Å². The number of hydrogen-bond acceptors (Lipinski definition) is 3. The van der Waals surface area contributed by atoms with Crippen LogP contribution in [0.5, 0.6) is 0 Å². The monoisotopic (exact) mass is 212 g/mol. The lowest BCUT2D eigenvalue weighted by atomic mass is 9.83. The van der Waals surface area contributed by atoms with Crippen LogP contribution in [0.3, 0.4) is 0 Å². The predicted octanol–water partition coefficient (Wildman–Crippen LogP) is -0.0323. The van der Waals surface area contributed by atoms with Gasteiger partial charge >= 0.3 is 0 Å². The molecule has 2 N–H and O–H groups in total. The molecular formula is C11H20N2O2. The molecule has 86 valence electrons. The quantitative estimate of drug-likeness (QED) is 0.690. The smallest absolute Gasteiger partial charge is 0.220 e. The van der Waals surface area contributed by atoms with Gasteiger partial charge < -0.3 is 10.4 Å². The van der Waals surface area contributed by atoms with Crippen molar-refractivity contribution in [3.63, 3.8) is 0 Å². The Morgan fingerprint density at radius 2 is 2.27 bits per heavy atom. The molecule has 2 rings (SSSR count). The Hall–Kier alpha value is -0.610. The van der Waals surface area contributed by atoms with Crippen molar-refractivity contribution in [2.45, 2.75) is 38.3 Å². The maximum Gasteiger partial charge on any atom is 0.220 e. The van der Waals surface area contributed by atoms with Gasteiger partial charge in [0.1, 0.15) is 0 Å². The third kappa shape index (κ3) is 2.16. The van der Waals surface area contributed by atoms with Gasteiger partial charge in [0, 0.05) is 32.1 Å². The van der Waals surface area contributed by atoms with Crippen molar-refractivity contribution in [3.8, 4) is 0 Å². The first-order chi connectivity index (χ1) is 6.99. The van der Waals surface area contributed by atoms with E-state index in [0.29, 0.717) is 18.4 Å². The van der Waals surface area contributed by atoms with Gasteiger partial charge in [0.05, 0.1) is 5.60 Å². The van der Waals surface area contributed by atoms with Crippen molar-refractivity contribution in [1.82, 2.24) is 10.2 Å². The molecule has 15 heavy (non-hydrogen) atoms. The minimum atomic E-state index is -0.497. The Morgan fingerprint density at radius 3 is 2.73 bits per heavy atom. The lowest BCUT2D eigenvalue weighted by Gasteiger charge is -2.49. The Morgan fingerprint density at radius 1 is 1.60 bits per heavy atom. The van der Waals surface area contributed by atoms with Crippen molar-refractivity contribution >= 4 is 5.91 Å². The molecule has 4 nitrogen and oxygen atoms in total. The summed E-state index contributed by atoms with van der Waals surface area (Å²) in [5.74, 6) is 0.478. The highest BCUT2D eigenvalue weighted by atomic mass is 16.3. The molecule has 2 aliphatic rings. The summed E-state index contributed by atoms with van der Waals surface area (Å²) < 4.78 is 0. The van der Waals surface area contributed by atoms with E-state index in [1.807, 2.05) is 0 Å². The Bertz CT molecular complexity index is 259. The Kier molecular flexibility index (Phi) is 2.73. The fourth-order valence-electron chi connectivity index (χ4n) is 2.35. The molecule has 0 aromatic heterocycles. The summed E-state index contributed by atoms with van der Waals surface area (Å²) in [6.07, 6.45) is 1.60. The summed E-state index contributed by atoms with van der Waals surface area (Å²) in [6.45, 7) is 6.48. The van der Waals surface area contributed by atoms with Crippen LogP contribution < -0.4 is 5.32 Å². The highest BCUT2D eigenvalue weighted by molar-refractivity contribution is 5.78. The topological polar surface area (TPSA) is 52.6 Å². The van der Waals surface area contributed by atoms with Gasteiger partial charge in [-0.1, -0.05) is 13.8 Å². The van der Waals surface area contributed by atoms with Crippen molar-refractivity contribution in [2.24, 2.45) is 5.92 Å². The van der Waals surface area contributed by atoms with Crippen LogP contribution in [0, 0.1) is 5.92 Å². The Balaban J connectivity index is 1.74. The van der Waals surface area contributed by atoms with Crippen molar-refractivity contribution in [1.29, 1.82) is 0 Å². The molecule has 0 saturated carbocycles. The van der Waals surface area contributed by atoms with Gasteiger partial charge in [0.2, 0.25) is 5.91 Å². The second-order valence-corrected chi connectivity index (χ2v) is 5.23. The van der Waals surface area contributed by atoms with Crippen molar-refractivity contribution in [2.75, 3.05) is 19.6 Å². The van der Waals surface area contributed by atoms with Crippen LogP contribution in [0.4, 0.5) is 0 Å². The van der Waals surface area contributed by atoms with E-state index < -0.39 is 5.60 Å². The summed E-state index contributed by atoms with van der Waals surface area (Å²) in [7, 11) is 0. The maximum atomic E-state index is 11.0. The van der Waals surface area contributed by atoms with Gasteiger partial charge in [-0.15, -0.1) is 0 Å². The first kappa shape index (κ1) is 10.9. The molecule has 2 fully saturated rings. The van der Waals surface area contributed by atoms with Crippen LogP contribution in [0.2, 0.25) is 0 Å². The normalized spacial score (nSPS) is 30.4. The van der Waals surface area contributed by atoms with E-state index in [-0.39, 0.29) is 5.91 Å². The number of β-amino-alcohol motifs (C(OH)–C–C–N with tert-alkyl or cyclic N) is 1. The number of nitrogens with zero attached hydrogens (tertiary/aromatic N) is 1. The first-order valence-corrected chi connectivity index (χ1v) is 5.74. The molecule has 0 aliphatic carbocycles. The van der Waals surface area contributed by atoms with E-state index in [1.165, 1.54) is 0 Å². The molecule has 1 unspecified atom stereocenters. The van der Waals surface area contributed by atoms with Crippen LogP contribution in [-0.2, 0) is 4.79 Å². The highest BCUT2D eigenvalue weighted by Gasteiger charge is 2.44. The molecular weight excluding hydrogens is 192 g/mol. The summed E-state index contributed by atoms with van der Waals surface area (Å²) in [4.78, 5) is 13.2. The van der Waals surface area contributed by atoms with E-state index in [9.17, 15) is 9.90 Å². The predicted molar refractivity (Wildman–Crippen MR) is 57.4 cm³/mol. The SMILES string of the molecule is CC(C)C1(O)CN(CC2CCC(=O)N2)C1. The van der Waals surface area contributed by atoms with Crippen molar-refractivity contribution in [3.05, 3.63) is 0 Å². The van der Waals surface area contributed by atoms with E-state index in [2.05, 4.69) is 24.1 Å². The van der Waals surface area contributed by atoms with E-state index in [4.69, 9.17) is 0 Å². The largest absolute Gasteiger partial charge is 0.387 e. The third-order valence-corrected chi connectivity index (χ3v) is 3.63. The number of carbonyl (C=O) groups excluding carboxylic acids is 1. The van der Waals surface area contributed by atoms with E-state index in [1.54, 1.807) is 0 Å². The van der Waals surface area contributed by atoms with E-state index in [0.717, 1.165) is 26.1 Å². The molecule has 2 heterocycles. The first-order valence-electron chi connectivity index (χ1n) is 5.74. The van der Waals surface area contributed by atoms with Crippen LogP contribution in [-0.4, -0.2) is 47.2 Å². The third-order valence-electron chi connectivity index (χ3n) is 3.63. The molecule has 0 aromatic carbocycles. The lowest BCUT2D eigenvalue weighted by Crippen LogP contribution is -2.66. The van der Waals surface area contributed by atoms with Gasteiger partial charge in [0.25, 0.3) is 0 Å². The molecule has 0 bridgehead atoms. The van der Waals surface area contributed by atoms with Crippen LogP contribution in [0.15, 0.2) is 0 Å². The minimum Gasteiger partial charge on any atom is -0.387 e. The number of likely N-dealkylation sites (tertiary alicyclic amines) is 1.